The number of fused-ring (bicyclic) bond motifs is 1. The van der Waals surface area contributed by atoms with Gasteiger partial charge in [-0.05, 0) is 6.07 Å². The Bertz CT molecular complexity index is 695. The molecule has 0 fully saturated rings. The first-order valence-corrected chi connectivity index (χ1v) is 6.65. The van der Waals surface area contributed by atoms with E-state index in [2.05, 4.69) is 14.7 Å². The third-order valence-electron chi connectivity index (χ3n) is 1.97. The van der Waals surface area contributed by atoms with Gasteiger partial charge in [-0.15, -0.1) is 13.2 Å². The normalized spacial score (nSPS) is 12.9. The Kier molecular flexibility index (Phi) is 2.90. The molecule has 0 spiro atoms. The Balaban J connectivity index is 2.68. The summed E-state index contributed by atoms with van der Waals surface area (Å²) in [5.74, 6) is -0.919. The number of benzene rings is 1. The Morgan fingerprint density at radius 2 is 2.00 bits per heavy atom. The summed E-state index contributed by atoms with van der Waals surface area (Å²) in [5.41, 5.74) is 0.349. The molecule has 2 rings (SSSR count). The molecule has 1 heterocycles. The molecule has 0 atom stereocenters. The van der Waals surface area contributed by atoms with E-state index >= 15 is 0 Å². The predicted octanol–water partition coefficient (Wildman–Crippen LogP) is 2.39. The summed E-state index contributed by atoms with van der Waals surface area (Å²) in [5, 5.41) is 0. The van der Waals surface area contributed by atoms with Crippen molar-refractivity contribution in [1.29, 1.82) is 0 Å². The zero-order valence-corrected chi connectivity index (χ0v) is 9.90. The van der Waals surface area contributed by atoms with E-state index in [-0.39, 0.29) is 11.0 Å². The topological polar surface area (TPSA) is 72.0 Å². The summed E-state index contributed by atoms with van der Waals surface area (Å²) in [4.78, 5) is 5.46. The third kappa shape index (κ3) is 2.67. The molecule has 0 aliphatic carbocycles. The molecule has 0 aliphatic rings. The number of hydrogen-bond acceptors (Lipinski definition) is 4. The fraction of sp³-hybridized carbons (Fsp3) is 0.125. The number of hydrogen-bond donors (Lipinski definition) is 1. The van der Waals surface area contributed by atoms with Crippen LogP contribution in [-0.4, -0.2) is 24.7 Å². The first-order chi connectivity index (χ1) is 8.17. The van der Waals surface area contributed by atoms with Gasteiger partial charge < -0.3 is 9.72 Å². The molecule has 1 N–H and O–H groups in total. The second-order valence-corrected chi connectivity index (χ2v) is 5.74. The molecule has 0 bridgehead atoms. The summed E-state index contributed by atoms with van der Waals surface area (Å²) in [6, 6.07) is 1.76. The molecule has 18 heavy (non-hydrogen) atoms. The maximum absolute atomic E-state index is 12.1. The van der Waals surface area contributed by atoms with Gasteiger partial charge in [-0.25, -0.2) is 13.4 Å². The minimum atomic E-state index is -5.03. The van der Waals surface area contributed by atoms with E-state index in [1.807, 2.05) is 0 Å². The van der Waals surface area contributed by atoms with Gasteiger partial charge in [0.2, 0.25) is 0 Å². The van der Waals surface area contributed by atoms with E-state index in [1.165, 1.54) is 6.33 Å². The second kappa shape index (κ2) is 4.02. The minimum Gasteiger partial charge on any atom is -0.404 e. The van der Waals surface area contributed by atoms with Gasteiger partial charge in [0.25, 0.3) is 9.05 Å². The number of nitrogens with one attached hydrogen (secondary N) is 1. The minimum absolute atomic E-state index is 0.123. The molecule has 0 amide bonds. The van der Waals surface area contributed by atoms with Crippen LogP contribution in [-0.2, 0) is 9.05 Å². The molecule has 98 valence electrons. The summed E-state index contributed by atoms with van der Waals surface area (Å²) in [7, 11) is 0.675. The number of rotatable bonds is 2. The maximum atomic E-state index is 12.1. The van der Waals surface area contributed by atoms with Gasteiger partial charge in [-0.2, -0.15) is 0 Å². The van der Waals surface area contributed by atoms with E-state index < -0.39 is 26.1 Å². The average molecular weight is 301 g/mol. The number of alkyl halides is 3. The summed E-state index contributed by atoms with van der Waals surface area (Å²) in [6.07, 6.45) is -3.83. The summed E-state index contributed by atoms with van der Waals surface area (Å²) < 4.78 is 62.4. The van der Waals surface area contributed by atoms with Crippen molar-refractivity contribution in [3.63, 3.8) is 0 Å². The fourth-order valence-corrected chi connectivity index (χ4v) is 2.30. The molecule has 1 aromatic heterocycles. The maximum Gasteiger partial charge on any atom is 0.573 e. The number of imidazole rings is 1. The van der Waals surface area contributed by atoms with Crippen molar-refractivity contribution in [2.45, 2.75) is 11.3 Å². The van der Waals surface area contributed by atoms with Gasteiger partial charge >= 0.3 is 6.36 Å². The molecule has 0 saturated carbocycles. The van der Waals surface area contributed by atoms with Crippen LogP contribution in [0.25, 0.3) is 11.0 Å². The Hall–Kier alpha value is -1.48. The van der Waals surface area contributed by atoms with Crippen LogP contribution in [0.15, 0.2) is 23.4 Å². The van der Waals surface area contributed by atoms with Crippen molar-refractivity contribution < 1.29 is 26.3 Å². The smallest absolute Gasteiger partial charge is 0.404 e. The monoisotopic (exact) mass is 300 g/mol. The average Bonchev–Trinajstić information content (AvgIpc) is 2.58. The van der Waals surface area contributed by atoms with Crippen molar-refractivity contribution in [2.75, 3.05) is 0 Å². The predicted molar refractivity (Wildman–Crippen MR) is 55.8 cm³/mol. The van der Waals surface area contributed by atoms with Gasteiger partial charge in [-0.1, -0.05) is 0 Å². The molecule has 0 saturated heterocycles. The fourth-order valence-electron chi connectivity index (χ4n) is 1.34. The Morgan fingerprint density at radius 3 is 2.56 bits per heavy atom. The second-order valence-electron chi connectivity index (χ2n) is 3.20. The van der Waals surface area contributed by atoms with Crippen LogP contribution < -0.4 is 4.74 Å². The number of halogens is 4. The van der Waals surface area contributed by atoms with Crippen LogP contribution in [0.3, 0.4) is 0 Å². The first-order valence-electron chi connectivity index (χ1n) is 4.34. The summed E-state index contributed by atoms with van der Waals surface area (Å²) >= 11 is 0. The molecule has 5 nitrogen and oxygen atoms in total. The highest BCUT2D eigenvalue weighted by Gasteiger charge is 2.34. The van der Waals surface area contributed by atoms with Gasteiger partial charge in [0.05, 0.1) is 17.4 Å². The molecule has 1 aromatic carbocycles. The zero-order chi connectivity index (χ0) is 13.6. The van der Waals surface area contributed by atoms with E-state index in [9.17, 15) is 21.6 Å². The molecule has 2 aromatic rings. The molecule has 10 heteroatoms. The van der Waals surface area contributed by atoms with Crippen LogP contribution in [0.4, 0.5) is 13.2 Å². The first kappa shape index (κ1) is 13.0. The van der Waals surface area contributed by atoms with E-state index in [4.69, 9.17) is 10.7 Å². The Labute approximate surface area is 103 Å². The van der Waals surface area contributed by atoms with Gasteiger partial charge in [0, 0.05) is 16.7 Å². The molecule has 0 aliphatic heterocycles. The number of H-pyrrole nitrogens is 1. The molecule has 0 unspecified atom stereocenters. The van der Waals surface area contributed by atoms with Crippen molar-refractivity contribution in [3.05, 3.63) is 18.5 Å². The van der Waals surface area contributed by atoms with Gasteiger partial charge in [-0.3, -0.25) is 0 Å². The van der Waals surface area contributed by atoms with E-state index in [1.54, 1.807) is 0 Å². The molecule has 0 radical (unpaired) electrons. The highest BCUT2D eigenvalue weighted by atomic mass is 35.7. The summed E-state index contributed by atoms with van der Waals surface area (Å²) in [6.45, 7) is 0. The number of nitrogens with zero attached hydrogens (tertiary/aromatic N) is 1. The van der Waals surface area contributed by atoms with Crippen molar-refractivity contribution in [2.24, 2.45) is 0 Å². The number of aromatic nitrogens is 2. The SMILES string of the molecule is O=S(=O)(Cl)c1cc2[nH]cnc2cc1OC(F)(F)F. The van der Waals surface area contributed by atoms with Crippen LogP contribution in [0, 0.1) is 0 Å². The lowest BCUT2D eigenvalue weighted by atomic mass is 10.3. The van der Waals surface area contributed by atoms with Crippen LogP contribution in [0.1, 0.15) is 0 Å². The highest BCUT2D eigenvalue weighted by Crippen LogP contribution is 2.34. The molecular weight excluding hydrogens is 297 g/mol. The van der Waals surface area contributed by atoms with Crippen molar-refractivity contribution in [1.82, 2.24) is 9.97 Å². The molecular formula is C8H4ClF3N2O3S. The standard InChI is InChI=1S/C8H4ClF3N2O3S/c9-18(15,16)7-2-5-4(13-3-14-5)1-6(7)17-8(10,11)12/h1-3H,(H,13,14). The number of aromatic amines is 1. The third-order valence-corrected chi connectivity index (χ3v) is 3.32. The van der Waals surface area contributed by atoms with Crippen LogP contribution in [0.2, 0.25) is 0 Å². The number of ether oxygens (including phenoxy) is 1. The highest BCUT2D eigenvalue weighted by molar-refractivity contribution is 8.13. The lowest BCUT2D eigenvalue weighted by Gasteiger charge is -2.11. The van der Waals surface area contributed by atoms with Crippen LogP contribution in [0.5, 0.6) is 5.75 Å². The van der Waals surface area contributed by atoms with E-state index in [0.717, 1.165) is 12.1 Å². The van der Waals surface area contributed by atoms with Gasteiger partial charge in [0.1, 0.15) is 4.90 Å². The van der Waals surface area contributed by atoms with Crippen LogP contribution >= 0.6 is 10.7 Å². The van der Waals surface area contributed by atoms with Gasteiger partial charge in [0.15, 0.2) is 5.75 Å². The van der Waals surface area contributed by atoms with Crippen molar-refractivity contribution in [3.8, 4) is 5.75 Å². The largest absolute Gasteiger partial charge is 0.573 e. The van der Waals surface area contributed by atoms with E-state index in [0.29, 0.717) is 0 Å². The Morgan fingerprint density at radius 1 is 1.33 bits per heavy atom. The lowest BCUT2D eigenvalue weighted by Crippen LogP contribution is -2.18. The quantitative estimate of drug-likeness (QED) is 0.864. The van der Waals surface area contributed by atoms with Crippen molar-refractivity contribution >= 4 is 30.8 Å². The lowest BCUT2D eigenvalue weighted by molar-refractivity contribution is -0.275. The zero-order valence-electron chi connectivity index (χ0n) is 8.32.